The summed E-state index contributed by atoms with van der Waals surface area (Å²) in [7, 11) is 0. The summed E-state index contributed by atoms with van der Waals surface area (Å²) in [6.07, 6.45) is 1.58. The molecular formula is C10H10F2N2O. The lowest BCUT2D eigenvalue weighted by Crippen LogP contribution is -2.20. The van der Waals surface area contributed by atoms with Gasteiger partial charge in [-0.15, -0.1) is 0 Å². The molecule has 1 aromatic rings. The van der Waals surface area contributed by atoms with Crippen molar-refractivity contribution in [3.8, 4) is 6.07 Å². The highest BCUT2D eigenvalue weighted by Gasteiger charge is 2.32. The molecular weight excluding hydrogens is 202 g/mol. The predicted octanol–water partition coefficient (Wildman–Crippen LogP) is 1.60. The molecule has 1 aromatic heterocycles. The Kier molecular flexibility index (Phi) is 3.32. The van der Waals surface area contributed by atoms with E-state index >= 15 is 0 Å². The summed E-state index contributed by atoms with van der Waals surface area (Å²) < 4.78 is 26.1. The number of halogens is 2. The number of hydrogen-bond acceptors (Lipinski definition) is 3. The topological polar surface area (TPSA) is 56.9 Å². The Labute approximate surface area is 86.0 Å². The van der Waals surface area contributed by atoms with Gasteiger partial charge in [-0.25, -0.2) is 0 Å². The molecule has 0 radical (unpaired) electrons. The van der Waals surface area contributed by atoms with Gasteiger partial charge in [0.2, 0.25) is 0 Å². The summed E-state index contributed by atoms with van der Waals surface area (Å²) in [5.41, 5.74) is 0.298. The number of aliphatic hydroxyl groups excluding tert-OH is 1. The van der Waals surface area contributed by atoms with Crippen molar-refractivity contribution in [1.29, 1.82) is 5.26 Å². The highest BCUT2D eigenvalue weighted by molar-refractivity contribution is 5.37. The Bertz CT molecular complexity index is 399. The molecule has 0 atom stereocenters. The second kappa shape index (κ2) is 4.32. The second-order valence-electron chi connectivity index (χ2n) is 3.05. The number of rotatable bonds is 3. The van der Waals surface area contributed by atoms with Crippen LogP contribution in [0.4, 0.5) is 8.78 Å². The third kappa shape index (κ3) is 2.28. The summed E-state index contributed by atoms with van der Waals surface area (Å²) in [4.78, 5) is 3.47. The van der Waals surface area contributed by atoms with Crippen molar-refractivity contribution >= 4 is 0 Å². The van der Waals surface area contributed by atoms with E-state index in [0.29, 0.717) is 12.0 Å². The van der Waals surface area contributed by atoms with Gasteiger partial charge >= 0.3 is 5.92 Å². The lowest BCUT2D eigenvalue weighted by atomic mass is 10.1. The molecule has 0 saturated carbocycles. The van der Waals surface area contributed by atoms with Crippen LogP contribution in [0.3, 0.4) is 0 Å². The van der Waals surface area contributed by atoms with Gasteiger partial charge in [0.25, 0.3) is 0 Å². The first-order valence-corrected chi connectivity index (χ1v) is 4.43. The molecule has 0 unspecified atom stereocenters. The SMILES string of the molecule is CCc1cc(C(F)(F)CO)ncc1C#N. The molecule has 15 heavy (non-hydrogen) atoms. The van der Waals surface area contributed by atoms with Crippen molar-refractivity contribution in [2.45, 2.75) is 19.3 Å². The van der Waals surface area contributed by atoms with E-state index in [-0.39, 0.29) is 5.56 Å². The van der Waals surface area contributed by atoms with Gasteiger partial charge in [-0.1, -0.05) is 6.92 Å². The quantitative estimate of drug-likeness (QED) is 0.827. The molecule has 0 aromatic carbocycles. The van der Waals surface area contributed by atoms with Crippen LogP contribution in [0.1, 0.15) is 23.7 Å². The predicted molar refractivity (Wildman–Crippen MR) is 49.3 cm³/mol. The van der Waals surface area contributed by atoms with Crippen LogP contribution < -0.4 is 0 Å². The maximum absolute atomic E-state index is 13.0. The number of aliphatic hydroxyl groups is 1. The summed E-state index contributed by atoms with van der Waals surface area (Å²) in [5.74, 6) is -3.35. The fourth-order valence-corrected chi connectivity index (χ4v) is 1.17. The van der Waals surface area contributed by atoms with Crippen LogP contribution in [0.5, 0.6) is 0 Å². The summed E-state index contributed by atoms with van der Waals surface area (Å²) in [6.45, 7) is 0.478. The lowest BCUT2D eigenvalue weighted by molar-refractivity contribution is -0.0592. The highest BCUT2D eigenvalue weighted by Crippen LogP contribution is 2.26. The highest BCUT2D eigenvalue weighted by atomic mass is 19.3. The normalized spacial score (nSPS) is 11.1. The van der Waals surface area contributed by atoms with Crippen molar-refractivity contribution in [2.75, 3.05) is 6.61 Å². The summed E-state index contributed by atoms with van der Waals surface area (Å²) in [5, 5.41) is 17.2. The Hall–Kier alpha value is -1.54. The third-order valence-electron chi connectivity index (χ3n) is 2.06. The minimum atomic E-state index is -3.35. The van der Waals surface area contributed by atoms with E-state index in [1.165, 1.54) is 0 Å². The average Bonchev–Trinajstić information content (AvgIpc) is 2.28. The average molecular weight is 212 g/mol. The zero-order chi connectivity index (χ0) is 11.5. The lowest BCUT2D eigenvalue weighted by Gasteiger charge is -2.13. The third-order valence-corrected chi connectivity index (χ3v) is 2.06. The van der Waals surface area contributed by atoms with E-state index in [4.69, 9.17) is 10.4 Å². The van der Waals surface area contributed by atoms with Crippen LogP contribution in [0.15, 0.2) is 12.3 Å². The smallest absolute Gasteiger partial charge is 0.312 e. The summed E-state index contributed by atoms with van der Waals surface area (Å²) in [6, 6.07) is 3.03. The fraction of sp³-hybridized carbons (Fsp3) is 0.400. The van der Waals surface area contributed by atoms with Gasteiger partial charge < -0.3 is 5.11 Å². The van der Waals surface area contributed by atoms with E-state index in [1.54, 1.807) is 6.92 Å². The van der Waals surface area contributed by atoms with Crippen LogP contribution in [0.25, 0.3) is 0 Å². The minimum Gasteiger partial charge on any atom is -0.390 e. The summed E-state index contributed by atoms with van der Waals surface area (Å²) >= 11 is 0. The Balaban J connectivity index is 3.21. The molecule has 0 spiro atoms. The molecule has 1 N–H and O–H groups in total. The zero-order valence-electron chi connectivity index (χ0n) is 8.17. The van der Waals surface area contributed by atoms with Crippen molar-refractivity contribution in [3.05, 3.63) is 29.1 Å². The van der Waals surface area contributed by atoms with E-state index in [0.717, 1.165) is 12.3 Å². The van der Waals surface area contributed by atoms with Gasteiger partial charge in [0, 0.05) is 6.20 Å². The van der Waals surface area contributed by atoms with Gasteiger partial charge in [-0.2, -0.15) is 14.0 Å². The Morgan fingerprint density at radius 1 is 1.60 bits per heavy atom. The number of pyridine rings is 1. The van der Waals surface area contributed by atoms with Gasteiger partial charge in [-0.05, 0) is 18.1 Å². The first kappa shape index (κ1) is 11.5. The van der Waals surface area contributed by atoms with Crippen molar-refractivity contribution in [3.63, 3.8) is 0 Å². The van der Waals surface area contributed by atoms with Crippen LogP contribution in [0, 0.1) is 11.3 Å². The fourth-order valence-electron chi connectivity index (χ4n) is 1.17. The van der Waals surface area contributed by atoms with Gasteiger partial charge in [0.15, 0.2) is 0 Å². The molecule has 1 heterocycles. The standard InChI is InChI=1S/C10H10F2N2O/c1-2-7-3-9(10(11,12)6-15)14-5-8(7)4-13/h3,5,15H,2,6H2,1H3. The molecule has 0 amide bonds. The zero-order valence-corrected chi connectivity index (χ0v) is 8.17. The molecule has 3 nitrogen and oxygen atoms in total. The Morgan fingerprint density at radius 3 is 2.73 bits per heavy atom. The molecule has 0 aliphatic heterocycles. The Morgan fingerprint density at radius 2 is 2.27 bits per heavy atom. The van der Waals surface area contributed by atoms with Gasteiger partial charge in [0.05, 0.1) is 5.56 Å². The minimum absolute atomic E-state index is 0.287. The second-order valence-corrected chi connectivity index (χ2v) is 3.05. The van der Waals surface area contributed by atoms with E-state index < -0.39 is 18.2 Å². The number of nitriles is 1. The number of aromatic nitrogens is 1. The van der Waals surface area contributed by atoms with E-state index in [9.17, 15) is 8.78 Å². The molecule has 0 fully saturated rings. The number of hydrogen-bond donors (Lipinski definition) is 1. The molecule has 0 saturated heterocycles. The maximum atomic E-state index is 13.0. The first-order chi connectivity index (χ1) is 7.05. The molecule has 80 valence electrons. The van der Waals surface area contributed by atoms with Crippen molar-refractivity contribution in [1.82, 2.24) is 4.98 Å². The van der Waals surface area contributed by atoms with Crippen LogP contribution in [-0.4, -0.2) is 16.7 Å². The number of aryl methyl sites for hydroxylation is 1. The number of alkyl halides is 2. The molecule has 0 bridgehead atoms. The maximum Gasteiger partial charge on any atom is 0.312 e. The van der Waals surface area contributed by atoms with Crippen LogP contribution >= 0.6 is 0 Å². The monoisotopic (exact) mass is 212 g/mol. The van der Waals surface area contributed by atoms with Crippen molar-refractivity contribution in [2.24, 2.45) is 0 Å². The molecule has 1 rings (SSSR count). The first-order valence-electron chi connectivity index (χ1n) is 4.43. The van der Waals surface area contributed by atoms with Gasteiger partial charge in [-0.3, -0.25) is 4.98 Å². The van der Waals surface area contributed by atoms with Crippen LogP contribution in [0.2, 0.25) is 0 Å². The van der Waals surface area contributed by atoms with E-state index in [1.807, 2.05) is 6.07 Å². The molecule has 0 aliphatic carbocycles. The molecule has 0 aliphatic rings. The number of nitrogens with zero attached hydrogens (tertiary/aromatic N) is 2. The van der Waals surface area contributed by atoms with Gasteiger partial charge in [0.1, 0.15) is 18.4 Å². The van der Waals surface area contributed by atoms with Crippen molar-refractivity contribution < 1.29 is 13.9 Å². The molecule has 5 heteroatoms. The largest absolute Gasteiger partial charge is 0.390 e. The van der Waals surface area contributed by atoms with E-state index in [2.05, 4.69) is 4.98 Å². The van der Waals surface area contributed by atoms with Crippen LogP contribution in [-0.2, 0) is 12.3 Å².